The summed E-state index contributed by atoms with van der Waals surface area (Å²) < 4.78 is 5.47. The van der Waals surface area contributed by atoms with Crippen molar-refractivity contribution < 1.29 is 24.5 Å². The molecule has 0 fully saturated rings. The Balaban J connectivity index is 3.44. The Morgan fingerprint density at radius 1 is 0.452 bits per heavy atom. The molecule has 0 saturated carbocycles. The zero-order valence-corrected chi connectivity index (χ0v) is 41.1. The Morgan fingerprint density at radius 2 is 0.806 bits per heavy atom. The number of unbranched alkanes of at least 4 members (excludes halogenated alkanes) is 32. The van der Waals surface area contributed by atoms with Gasteiger partial charge in [-0.25, -0.2) is 0 Å². The Labute approximate surface area is 385 Å². The molecule has 0 aliphatic rings. The summed E-state index contributed by atoms with van der Waals surface area (Å²) in [5.41, 5.74) is 0. The third kappa shape index (κ3) is 47.3. The fourth-order valence-corrected chi connectivity index (χ4v) is 7.89. The molecule has 6 nitrogen and oxygen atoms in total. The highest BCUT2D eigenvalue weighted by molar-refractivity contribution is 5.76. The zero-order valence-electron chi connectivity index (χ0n) is 41.1. The van der Waals surface area contributed by atoms with Crippen LogP contribution in [0.2, 0.25) is 0 Å². The largest absolute Gasteiger partial charge is 0.466 e. The van der Waals surface area contributed by atoms with Gasteiger partial charge in [-0.1, -0.05) is 217 Å². The van der Waals surface area contributed by atoms with Crippen LogP contribution in [-0.2, 0) is 14.3 Å². The summed E-state index contributed by atoms with van der Waals surface area (Å²) in [5.74, 6) is -0.0928. The second-order valence-electron chi connectivity index (χ2n) is 18.2. The highest BCUT2D eigenvalue weighted by atomic mass is 16.5. The number of carbonyl (C=O) groups is 2. The molecule has 6 heteroatoms. The molecule has 0 radical (unpaired) electrons. The fraction of sp³-hybridized carbons (Fsp3) is 0.821. The van der Waals surface area contributed by atoms with Crippen LogP contribution in [-0.4, -0.2) is 47.4 Å². The van der Waals surface area contributed by atoms with Crippen molar-refractivity contribution in [2.75, 3.05) is 13.2 Å². The number of hydrogen-bond acceptors (Lipinski definition) is 5. The normalized spacial score (nSPS) is 13.0. The van der Waals surface area contributed by atoms with Crippen molar-refractivity contribution in [3.63, 3.8) is 0 Å². The third-order valence-corrected chi connectivity index (χ3v) is 12.1. The molecular formula is C56H103NO5. The number of allylic oxidation sites excluding steroid dienone is 7. The van der Waals surface area contributed by atoms with Gasteiger partial charge < -0.3 is 20.3 Å². The van der Waals surface area contributed by atoms with Crippen molar-refractivity contribution in [1.29, 1.82) is 0 Å². The number of hydrogen-bond donors (Lipinski definition) is 3. The molecule has 1 amide bonds. The molecule has 0 spiro atoms. The minimum absolute atomic E-state index is 0.00630. The van der Waals surface area contributed by atoms with Crippen LogP contribution in [0.4, 0.5) is 0 Å². The topological polar surface area (TPSA) is 95.9 Å². The van der Waals surface area contributed by atoms with Crippen molar-refractivity contribution >= 4 is 11.9 Å². The minimum atomic E-state index is -0.851. The van der Waals surface area contributed by atoms with Gasteiger partial charge in [0.1, 0.15) is 0 Å². The van der Waals surface area contributed by atoms with Crippen molar-refractivity contribution in [2.24, 2.45) is 0 Å². The standard InChI is InChI=1S/C56H103NO5/c1-3-5-7-9-11-13-14-15-16-17-21-24-27-30-34-38-42-46-50-56(61)62-51-47-43-39-35-31-28-25-22-19-18-20-23-26-29-33-37-41-45-49-55(60)57-53(52-58)54(59)48-44-40-36-32-12-10-8-6-4-2/h13-14,16-17,20,23,44,48,53-54,58-59H,3-12,15,18-19,21-22,24-43,45-47,49-52H2,1-2H3,(H,57,60)/b14-13-,17-16-,23-20-,48-44+. The average Bonchev–Trinajstić information content (AvgIpc) is 3.27. The third-order valence-electron chi connectivity index (χ3n) is 12.1. The van der Waals surface area contributed by atoms with Crippen molar-refractivity contribution in [1.82, 2.24) is 5.32 Å². The SMILES string of the molecule is CCCCCC/C=C\C/C=C\CCCCCCCCCC(=O)OCCCCCCCCCCC/C=C\CCCCCCCC(=O)NC(CO)C(O)/C=C/CCCCCCCCC. The predicted octanol–water partition coefficient (Wildman–Crippen LogP) is 16.2. The van der Waals surface area contributed by atoms with E-state index in [-0.39, 0.29) is 18.5 Å². The van der Waals surface area contributed by atoms with Gasteiger partial charge in [-0.15, -0.1) is 0 Å². The lowest BCUT2D eigenvalue weighted by Crippen LogP contribution is -2.45. The Kier molecular flexibility index (Phi) is 49.6. The van der Waals surface area contributed by atoms with Crippen LogP contribution in [0.25, 0.3) is 0 Å². The number of esters is 1. The average molecular weight is 870 g/mol. The van der Waals surface area contributed by atoms with Gasteiger partial charge in [0.25, 0.3) is 0 Å². The summed E-state index contributed by atoms with van der Waals surface area (Å²) in [6.07, 6.45) is 64.1. The Bertz CT molecular complexity index is 1050. The molecule has 62 heavy (non-hydrogen) atoms. The minimum Gasteiger partial charge on any atom is -0.466 e. The maximum atomic E-state index is 12.4. The molecular weight excluding hydrogens is 767 g/mol. The smallest absolute Gasteiger partial charge is 0.305 e. The summed E-state index contributed by atoms with van der Waals surface area (Å²) in [4.78, 5) is 24.4. The number of carbonyl (C=O) groups excluding carboxylic acids is 2. The lowest BCUT2D eigenvalue weighted by atomic mass is 10.1. The molecule has 2 atom stereocenters. The van der Waals surface area contributed by atoms with Gasteiger partial charge >= 0.3 is 5.97 Å². The van der Waals surface area contributed by atoms with E-state index in [2.05, 4.69) is 55.6 Å². The lowest BCUT2D eigenvalue weighted by Gasteiger charge is -2.20. The first-order valence-corrected chi connectivity index (χ1v) is 26.9. The number of aliphatic hydroxyl groups is 2. The van der Waals surface area contributed by atoms with Gasteiger partial charge in [-0.2, -0.15) is 0 Å². The van der Waals surface area contributed by atoms with E-state index >= 15 is 0 Å². The van der Waals surface area contributed by atoms with Crippen LogP contribution < -0.4 is 5.32 Å². The van der Waals surface area contributed by atoms with Crippen molar-refractivity contribution in [2.45, 2.75) is 283 Å². The number of nitrogens with one attached hydrogen (secondary N) is 1. The molecule has 0 aliphatic carbocycles. The van der Waals surface area contributed by atoms with Gasteiger partial charge in [0.2, 0.25) is 5.91 Å². The maximum absolute atomic E-state index is 12.4. The molecule has 0 aromatic rings. The molecule has 0 heterocycles. The second kappa shape index (κ2) is 51.5. The van der Waals surface area contributed by atoms with E-state index in [1.54, 1.807) is 6.08 Å². The van der Waals surface area contributed by atoms with Gasteiger partial charge in [-0.3, -0.25) is 9.59 Å². The number of aliphatic hydroxyl groups excluding tert-OH is 2. The summed E-state index contributed by atoms with van der Waals surface area (Å²) in [7, 11) is 0. The van der Waals surface area contributed by atoms with Gasteiger partial charge in [0.15, 0.2) is 0 Å². The van der Waals surface area contributed by atoms with Gasteiger partial charge in [-0.05, 0) is 89.9 Å². The second-order valence-corrected chi connectivity index (χ2v) is 18.2. The summed E-state index contributed by atoms with van der Waals surface area (Å²) >= 11 is 0. The Hall–Kier alpha value is -2.18. The highest BCUT2D eigenvalue weighted by Gasteiger charge is 2.18. The molecule has 0 aromatic carbocycles. The number of ether oxygens (including phenoxy) is 1. The fourth-order valence-electron chi connectivity index (χ4n) is 7.89. The summed E-state index contributed by atoms with van der Waals surface area (Å²) in [5, 5.41) is 22.9. The quantitative estimate of drug-likeness (QED) is 0.0322. The molecule has 362 valence electrons. The highest BCUT2D eigenvalue weighted by Crippen LogP contribution is 2.15. The molecule has 0 aliphatic heterocycles. The van der Waals surface area contributed by atoms with Crippen LogP contribution in [0.3, 0.4) is 0 Å². The van der Waals surface area contributed by atoms with Crippen molar-refractivity contribution in [3.05, 3.63) is 48.6 Å². The van der Waals surface area contributed by atoms with E-state index in [1.807, 2.05) is 6.08 Å². The van der Waals surface area contributed by atoms with E-state index in [9.17, 15) is 19.8 Å². The van der Waals surface area contributed by atoms with E-state index in [1.165, 1.54) is 173 Å². The van der Waals surface area contributed by atoms with Crippen LogP contribution in [0.15, 0.2) is 48.6 Å². The summed E-state index contributed by atoms with van der Waals surface area (Å²) in [6.45, 7) is 4.83. The van der Waals surface area contributed by atoms with Crippen LogP contribution in [0, 0.1) is 0 Å². The van der Waals surface area contributed by atoms with E-state index < -0.39 is 12.1 Å². The van der Waals surface area contributed by atoms with Gasteiger partial charge in [0, 0.05) is 12.8 Å². The molecule has 3 N–H and O–H groups in total. The van der Waals surface area contributed by atoms with Crippen LogP contribution in [0.5, 0.6) is 0 Å². The molecule has 0 saturated heterocycles. The van der Waals surface area contributed by atoms with E-state index in [0.717, 1.165) is 70.6 Å². The van der Waals surface area contributed by atoms with Crippen LogP contribution >= 0.6 is 0 Å². The summed E-state index contributed by atoms with van der Waals surface area (Å²) in [6, 6.07) is -0.637. The first kappa shape index (κ1) is 59.8. The number of amides is 1. The number of rotatable bonds is 49. The molecule has 0 bridgehead atoms. The zero-order chi connectivity index (χ0) is 45.1. The first-order valence-electron chi connectivity index (χ1n) is 26.9. The molecule has 0 rings (SSSR count). The monoisotopic (exact) mass is 870 g/mol. The Morgan fingerprint density at radius 3 is 1.26 bits per heavy atom. The lowest BCUT2D eigenvalue weighted by molar-refractivity contribution is -0.143. The van der Waals surface area contributed by atoms with Crippen LogP contribution in [0.1, 0.15) is 271 Å². The molecule has 0 aromatic heterocycles. The molecule has 2 unspecified atom stereocenters. The van der Waals surface area contributed by atoms with Gasteiger partial charge in [0.05, 0.1) is 25.4 Å². The predicted molar refractivity (Wildman–Crippen MR) is 269 cm³/mol. The first-order chi connectivity index (χ1) is 30.5. The van der Waals surface area contributed by atoms with Crippen molar-refractivity contribution in [3.8, 4) is 0 Å². The maximum Gasteiger partial charge on any atom is 0.305 e. The van der Waals surface area contributed by atoms with E-state index in [4.69, 9.17) is 4.74 Å². The van der Waals surface area contributed by atoms with E-state index in [0.29, 0.717) is 19.4 Å².